The summed E-state index contributed by atoms with van der Waals surface area (Å²) in [5, 5.41) is 15.7. The SMILES string of the molecule is CC(C)(C#N)c1ccc(NC(=O)c2cc(-c3cccc(F)c3)no2)cc1. The second-order valence-electron chi connectivity index (χ2n) is 6.36. The first-order chi connectivity index (χ1) is 12.4. The molecule has 5 nitrogen and oxygen atoms in total. The molecule has 0 saturated carbocycles. The standard InChI is InChI=1S/C20H16FN3O2/c1-20(2,12-22)14-6-8-16(9-7-14)23-19(25)18-11-17(24-26-18)13-4-3-5-15(21)10-13/h3-11H,1-2H3,(H,23,25). The molecule has 0 fully saturated rings. The van der Waals surface area contributed by atoms with Crippen LogP contribution in [-0.2, 0) is 5.41 Å². The molecule has 2 aromatic carbocycles. The minimum absolute atomic E-state index is 0.0192. The van der Waals surface area contributed by atoms with Gasteiger partial charge >= 0.3 is 0 Å². The summed E-state index contributed by atoms with van der Waals surface area (Å²) < 4.78 is 18.4. The third-order valence-corrected chi connectivity index (χ3v) is 4.00. The number of nitrogens with one attached hydrogen (secondary N) is 1. The number of rotatable bonds is 4. The Morgan fingerprint density at radius 1 is 1.19 bits per heavy atom. The van der Waals surface area contributed by atoms with Crippen molar-refractivity contribution in [3.63, 3.8) is 0 Å². The van der Waals surface area contributed by atoms with Gasteiger partial charge in [-0.1, -0.05) is 29.4 Å². The maximum absolute atomic E-state index is 13.3. The largest absolute Gasteiger partial charge is 0.350 e. The maximum atomic E-state index is 13.3. The number of halogens is 1. The number of anilines is 1. The van der Waals surface area contributed by atoms with Crippen LogP contribution in [0, 0.1) is 17.1 Å². The topological polar surface area (TPSA) is 78.9 Å². The van der Waals surface area contributed by atoms with E-state index in [1.165, 1.54) is 18.2 Å². The number of carbonyl (C=O) groups is 1. The lowest BCUT2D eigenvalue weighted by molar-refractivity contribution is 0.0988. The van der Waals surface area contributed by atoms with E-state index in [0.717, 1.165) is 5.56 Å². The lowest BCUT2D eigenvalue weighted by atomic mass is 9.86. The Morgan fingerprint density at radius 3 is 2.58 bits per heavy atom. The van der Waals surface area contributed by atoms with Crippen molar-refractivity contribution in [1.29, 1.82) is 5.26 Å². The molecule has 0 unspecified atom stereocenters. The summed E-state index contributed by atoms with van der Waals surface area (Å²) in [5.74, 6) is -0.838. The highest BCUT2D eigenvalue weighted by Gasteiger charge is 2.20. The normalized spacial score (nSPS) is 11.0. The molecule has 26 heavy (non-hydrogen) atoms. The van der Waals surface area contributed by atoms with E-state index in [0.29, 0.717) is 16.9 Å². The zero-order valence-electron chi connectivity index (χ0n) is 14.3. The van der Waals surface area contributed by atoms with Crippen molar-refractivity contribution in [3.8, 4) is 17.3 Å². The van der Waals surface area contributed by atoms with Crippen LogP contribution in [-0.4, -0.2) is 11.1 Å². The van der Waals surface area contributed by atoms with Crippen molar-refractivity contribution in [3.05, 3.63) is 71.7 Å². The molecule has 0 aliphatic rings. The Morgan fingerprint density at radius 2 is 1.92 bits per heavy atom. The molecular weight excluding hydrogens is 333 g/mol. The fourth-order valence-electron chi connectivity index (χ4n) is 2.39. The predicted octanol–water partition coefficient (Wildman–Crippen LogP) is 4.53. The lowest BCUT2D eigenvalue weighted by Gasteiger charge is -2.15. The van der Waals surface area contributed by atoms with Crippen LogP contribution in [0.4, 0.5) is 10.1 Å². The van der Waals surface area contributed by atoms with Crippen LogP contribution in [0.5, 0.6) is 0 Å². The molecule has 1 N–H and O–H groups in total. The molecule has 0 saturated heterocycles. The van der Waals surface area contributed by atoms with E-state index in [4.69, 9.17) is 9.78 Å². The van der Waals surface area contributed by atoms with E-state index in [-0.39, 0.29) is 5.76 Å². The molecule has 6 heteroatoms. The second kappa shape index (κ2) is 6.81. The van der Waals surface area contributed by atoms with Gasteiger partial charge in [-0.3, -0.25) is 4.79 Å². The highest BCUT2D eigenvalue weighted by molar-refractivity contribution is 6.02. The minimum Gasteiger partial charge on any atom is -0.350 e. The van der Waals surface area contributed by atoms with E-state index in [1.54, 1.807) is 36.4 Å². The van der Waals surface area contributed by atoms with Crippen molar-refractivity contribution in [2.24, 2.45) is 0 Å². The van der Waals surface area contributed by atoms with Gasteiger partial charge < -0.3 is 9.84 Å². The van der Waals surface area contributed by atoms with E-state index in [1.807, 2.05) is 13.8 Å². The number of amides is 1. The molecule has 1 heterocycles. The summed E-state index contributed by atoms with van der Waals surface area (Å²) >= 11 is 0. The minimum atomic E-state index is -0.604. The molecule has 0 aliphatic carbocycles. The van der Waals surface area contributed by atoms with Crippen molar-refractivity contribution in [2.45, 2.75) is 19.3 Å². The van der Waals surface area contributed by atoms with Gasteiger partial charge in [0.15, 0.2) is 0 Å². The van der Waals surface area contributed by atoms with E-state index in [9.17, 15) is 9.18 Å². The van der Waals surface area contributed by atoms with Gasteiger partial charge in [0.1, 0.15) is 11.5 Å². The van der Waals surface area contributed by atoms with Crippen LogP contribution in [0.1, 0.15) is 30.0 Å². The van der Waals surface area contributed by atoms with Crippen LogP contribution in [0.3, 0.4) is 0 Å². The Balaban J connectivity index is 1.74. The maximum Gasteiger partial charge on any atom is 0.294 e. The summed E-state index contributed by atoms with van der Waals surface area (Å²) in [4.78, 5) is 12.3. The zero-order valence-corrected chi connectivity index (χ0v) is 14.3. The van der Waals surface area contributed by atoms with Gasteiger partial charge in [0, 0.05) is 17.3 Å². The number of hydrogen-bond donors (Lipinski definition) is 1. The summed E-state index contributed by atoms with van der Waals surface area (Å²) in [6, 6.07) is 16.6. The van der Waals surface area contributed by atoms with Crippen LogP contribution in [0.25, 0.3) is 11.3 Å². The van der Waals surface area contributed by atoms with Gasteiger partial charge in [-0.25, -0.2) is 4.39 Å². The smallest absolute Gasteiger partial charge is 0.294 e. The van der Waals surface area contributed by atoms with Crippen LogP contribution in [0.2, 0.25) is 0 Å². The molecule has 130 valence electrons. The van der Waals surface area contributed by atoms with Crippen LogP contribution < -0.4 is 5.32 Å². The van der Waals surface area contributed by atoms with Crippen molar-refractivity contribution in [1.82, 2.24) is 5.16 Å². The predicted molar refractivity (Wildman–Crippen MR) is 94.9 cm³/mol. The Labute approximate surface area is 150 Å². The van der Waals surface area contributed by atoms with E-state index >= 15 is 0 Å². The van der Waals surface area contributed by atoms with E-state index in [2.05, 4.69) is 16.5 Å². The molecule has 0 atom stereocenters. The zero-order chi connectivity index (χ0) is 18.7. The van der Waals surface area contributed by atoms with Crippen LogP contribution >= 0.6 is 0 Å². The van der Waals surface area contributed by atoms with Gasteiger partial charge in [-0.05, 0) is 43.7 Å². The first kappa shape index (κ1) is 17.4. The summed E-state index contributed by atoms with van der Waals surface area (Å²) in [7, 11) is 0. The van der Waals surface area contributed by atoms with Gasteiger partial charge in [-0.2, -0.15) is 5.26 Å². The summed E-state index contributed by atoms with van der Waals surface area (Å²) in [6.07, 6.45) is 0. The molecule has 3 aromatic rings. The highest BCUT2D eigenvalue weighted by atomic mass is 19.1. The highest BCUT2D eigenvalue weighted by Crippen LogP contribution is 2.24. The molecule has 1 aromatic heterocycles. The Bertz CT molecular complexity index is 985. The molecular formula is C20H16FN3O2. The van der Waals surface area contributed by atoms with Crippen molar-refractivity contribution in [2.75, 3.05) is 5.32 Å². The lowest BCUT2D eigenvalue weighted by Crippen LogP contribution is -2.14. The fraction of sp³-hybridized carbons (Fsp3) is 0.150. The molecule has 0 spiro atoms. The van der Waals surface area contributed by atoms with Gasteiger partial charge in [0.2, 0.25) is 5.76 Å². The average Bonchev–Trinajstić information content (AvgIpc) is 3.12. The van der Waals surface area contributed by atoms with Gasteiger partial charge in [-0.15, -0.1) is 0 Å². The average molecular weight is 349 g/mol. The quantitative estimate of drug-likeness (QED) is 0.750. The first-order valence-electron chi connectivity index (χ1n) is 7.95. The molecule has 0 radical (unpaired) electrons. The Hall–Kier alpha value is -3.46. The fourth-order valence-corrected chi connectivity index (χ4v) is 2.39. The van der Waals surface area contributed by atoms with E-state index < -0.39 is 17.1 Å². The van der Waals surface area contributed by atoms with Gasteiger partial charge in [0.05, 0.1) is 11.5 Å². The van der Waals surface area contributed by atoms with Crippen molar-refractivity contribution < 1.29 is 13.7 Å². The number of carbonyl (C=O) groups excluding carboxylic acids is 1. The number of nitriles is 1. The Kier molecular flexibility index (Phi) is 4.55. The van der Waals surface area contributed by atoms with Crippen molar-refractivity contribution >= 4 is 11.6 Å². The first-order valence-corrected chi connectivity index (χ1v) is 7.95. The third-order valence-electron chi connectivity index (χ3n) is 4.00. The summed E-state index contributed by atoms with van der Waals surface area (Å²) in [5.41, 5.74) is 1.71. The molecule has 3 rings (SSSR count). The monoisotopic (exact) mass is 349 g/mol. The molecule has 1 amide bonds. The molecule has 0 aliphatic heterocycles. The molecule has 0 bridgehead atoms. The number of nitrogens with zero attached hydrogens (tertiary/aromatic N) is 2. The van der Waals surface area contributed by atoms with Gasteiger partial charge in [0.25, 0.3) is 5.91 Å². The number of benzene rings is 2. The summed E-state index contributed by atoms with van der Waals surface area (Å²) in [6.45, 7) is 3.64. The number of hydrogen-bond acceptors (Lipinski definition) is 4. The number of aromatic nitrogens is 1. The third kappa shape index (κ3) is 3.62. The second-order valence-corrected chi connectivity index (χ2v) is 6.36. The van der Waals surface area contributed by atoms with Crippen LogP contribution in [0.15, 0.2) is 59.1 Å².